The summed E-state index contributed by atoms with van der Waals surface area (Å²) in [5, 5.41) is 0. The lowest BCUT2D eigenvalue weighted by Gasteiger charge is -2.30. The fourth-order valence-electron chi connectivity index (χ4n) is 4.38. The van der Waals surface area contributed by atoms with E-state index < -0.39 is 0 Å². The molecule has 0 saturated carbocycles. The maximum Gasteiger partial charge on any atom is 0.104 e. The normalized spacial score (nSPS) is 12.6. The van der Waals surface area contributed by atoms with Crippen LogP contribution in [0.4, 0.5) is 0 Å². The van der Waals surface area contributed by atoms with Crippen LogP contribution in [0.25, 0.3) is 11.1 Å². The van der Waals surface area contributed by atoms with Gasteiger partial charge in [0.25, 0.3) is 0 Å². The van der Waals surface area contributed by atoms with Crippen LogP contribution in [0.2, 0.25) is 0 Å². The van der Waals surface area contributed by atoms with Gasteiger partial charge in [-0.3, -0.25) is 0 Å². The van der Waals surface area contributed by atoms with Crippen LogP contribution in [-0.2, 0) is 22.6 Å². The van der Waals surface area contributed by atoms with Crippen LogP contribution < -0.4 is 0 Å². The molecule has 0 unspecified atom stereocenters. The molecule has 0 bridgehead atoms. The minimum Gasteiger partial charge on any atom is -0.379 e. The highest BCUT2D eigenvalue weighted by Gasteiger charge is 2.17. The molecule has 0 spiro atoms. The Kier molecular flexibility index (Phi) is 11.2. The number of ether oxygens (including phenoxy) is 2. The molecule has 0 N–H and O–H groups in total. The Hall–Kier alpha value is -1.72. The van der Waals surface area contributed by atoms with Gasteiger partial charge in [0.2, 0.25) is 0 Å². The summed E-state index contributed by atoms with van der Waals surface area (Å²) >= 11 is 0. The van der Waals surface area contributed by atoms with Gasteiger partial charge in [-0.05, 0) is 38.8 Å². The second-order valence-corrected chi connectivity index (χ2v) is 11.6. The van der Waals surface area contributed by atoms with E-state index >= 15 is 0 Å². The summed E-state index contributed by atoms with van der Waals surface area (Å²) in [7, 11) is 9.22. The lowest BCUT2D eigenvalue weighted by molar-refractivity contribution is -0.903. The first-order valence-corrected chi connectivity index (χ1v) is 13.0. The number of rotatable bonds is 15. The minimum atomic E-state index is 0.317. The fourth-order valence-corrected chi connectivity index (χ4v) is 4.38. The molecule has 0 aromatic heterocycles. The van der Waals surface area contributed by atoms with Crippen molar-refractivity contribution < 1.29 is 18.4 Å². The smallest absolute Gasteiger partial charge is 0.104 e. The van der Waals surface area contributed by atoms with Crippen molar-refractivity contribution in [2.24, 2.45) is 0 Å². The van der Waals surface area contributed by atoms with Gasteiger partial charge in [0, 0.05) is 24.0 Å². The Balaban J connectivity index is 1.87. The molecule has 2 aromatic carbocycles. The summed E-state index contributed by atoms with van der Waals surface area (Å²) in [6.07, 6.45) is 2.82. The van der Waals surface area contributed by atoms with Gasteiger partial charge >= 0.3 is 0 Å². The zero-order chi connectivity index (χ0) is 25.2. The van der Waals surface area contributed by atoms with Crippen molar-refractivity contribution in [3.05, 3.63) is 59.7 Å². The molecule has 2 aromatic rings. The van der Waals surface area contributed by atoms with Crippen molar-refractivity contribution in [1.29, 1.82) is 0 Å². The summed E-state index contributed by atoms with van der Waals surface area (Å²) in [4.78, 5) is 0. The van der Waals surface area contributed by atoms with Crippen LogP contribution in [-0.4, -0.2) is 75.7 Å². The third-order valence-corrected chi connectivity index (χ3v) is 6.18. The number of hydrogen-bond acceptors (Lipinski definition) is 2. The number of quaternary nitrogens is 2. The molecule has 0 radical (unpaired) electrons. The predicted molar refractivity (Wildman–Crippen MR) is 145 cm³/mol. The predicted octanol–water partition coefficient (Wildman–Crippen LogP) is 6.14. The molecule has 0 amide bonds. The molecular formula is C30H50N2O2+2. The molecule has 34 heavy (non-hydrogen) atoms. The van der Waals surface area contributed by atoms with Gasteiger partial charge in [-0.15, -0.1) is 0 Å². The molecule has 0 atom stereocenters. The van der Waals surface area contributed by atoms with Gasteiger partial charge in [0.1, 0.15) is 13.1 Å². The molecule has 0 aliphatic heterocycles. The quantitative estimate of drug-likeness (QED) is 0.230. The zero-order valence-electron chi connectivity index (χ0n) is 23.1. The van der Waals surface area contributed by atoms with E-state index in [0.29, 0.717) is 12.2 Å². The zero-order valence-corrected chi connectivity index (χ0v) is 23.1. The standard InChI is InChI=1S/C30H50N2O2/c1-25(2)33-21-9-19-31(5,6)23-27-11-15-29(16-12-27)30-17-13-28(14-18-30)24-32(7,8)20-10-22-34-26(3)4/h11-18,25-26H,9-10,19-24H2,1-8H3/q+2. The maximum atomic E-state index is 5.70. The Morgan fingerprint density at radius 3 is 1.18 bits per heavy atom. The Morgan fingerprint density at radius 1 is 0.559 bits per heavy atom. The van der Waals surface area contributed by atoms with Crippen LogP contribution in [0.3, 0.4) is 0 Å². The second-order valence-electron chi connectivity index (χ2n) is 11.6. The summed E-state index contributed by atoms with van der Waals surface area (Å²) in [6.45, 7) is 14.4. The Bertz CT molecular complexity index is 752. The van der Waals surface area contributed by atoms with Gasteiger partial charge in [0.05, 0.1) is 66.7 Å². The van der Waals surface area contributed by atoms with Crippen LogP contribution in [0, 0.1) is 0 Å². The highest BCUT2D eigenvalue weighted by molar-refractivity contribution is 5.63. The molecule has 0 aliphatic carbocycles. The minimum absolute atomic E-state index is 0.317. The molecule has 0 saturated heterocycles. The van der Waals surface area contributed by atoms with Crippen molar-refractivity contribution in [2.75, 3.05) is 54.5 Å². The molecule has 0 fully saturated rings. The van der Waals surface area contributed by atoms with E-state index in [1.165, 1.54) is 22.3 Å². The fraction of sp³-hybridized carbons (Fsp3) is 0.600. The van der Waals surface area contributed by atoms with Crippen molar-refractivity contribution in [3.8, 4) is 11.1 Å². The van der Waals surface area contributed by atoms with Crippen LogP contribution in [0.1, 0.15) is 51.7 Å². The van der Waals surface area contributed by atoms with E-state index in [1.54, 1.807) is 0 Å². The third-order valence-electron chi connectivity index (χ3n) is 6.18. The van der Waals surface area contributed by atoms with E-state index in [1.807, 2.05) is 0 Å². The summed E-state index contributed by atoms with van der Waals surface area (Å²) in [5.41, 5.74) is 5.34. The van der Waals surface area contributed by atoms with Crippen LogP contribution in [0.15, 0.2) is 48.5 Å². The molecule has 4 nitrogen and oxygen atoms in total. The second kappa shape index (κ2) is 13.4. The average molecular weight is 471 g/mol. The van der Waals surface area contributed by atoms with Gasteiger partial charge in [-0.2, -0.15) is 0 Å². The highest BCUT2D eigenvalue weighted by atomic mass is 16.5. The molecule has 0 aliphatic rings. The van der Waals surface area contributed by atoms with Gasteiger partial charge in [-0.1, -0.05) is 48.5 Å². The van der Waals surface area contributed by atoms with E-state index in [4.69, 9.17) is 9.47 Å². The molecular weight excluding hydrogens is 420 g/mol. The third kappa shape index (κ3) is 11.1. The lowest BCUT2D eigenvalue weighted by atomic mass is 10.0. The van der Waals surface area contributed by atoms with Crippen molar-refractivity contribution in [1.82, 2.24) is 0 Å². The topological polar surface area (TPSA) is 18.5 Å². The van der Waals surface area contributed by atoms with Crippen molar-refractivity contribution in [3.63, 3.8) is 0 Å². The Labute approximate surface area is 209 Å². The van der Waals surface area contributed by atoms with Crippen molar-refractivity contribution in [2.45, 2.75) is 65.8 Å². The van der Waals surface area contributed by atoms with Crippen LogP contribution in [0.5, 0.6) is 0 Å². The number of nitrogens with zero attached hydrogens (tertiary/aromatic N) is 2. The first-order valence-electron chi connectivity index (χ1n) is 13.0. The summed E-state index contributed by atoms with van der Waals surface area (Å²) < 4.78 is 13.4. The Morgan fingerprint density at radius 2 is 0.882 bits per heavy atom. The largest absolute Gasteiger partial charge is 0.379 e. The summed E-state index contributed by atoms with van der Waals surface area (Å²) in [6, 6.07) is 18.2. The first kappa shape index (κ1) is 28.5. The lowest BCUT2D eigenvalue weighted by Crippen LogP contribution is -2.40. The van der Waals surface area contributed by atoms with Gasteiger partial charge in [-0.25, -0.2) is 0 Å². The van der Waals surface area contributed by atoms with E-state index in [2.05, 4.69) is 104 Å². The van der Waals surface area contributed by atoms with E-state index in [9.17, 15) is 0 Å². The molecule has 2 rings (SSSR count). The first-order chi connectivity index (χ1) is 16.0. The van der Waals surface area contributed by atoms with E-state index in [-0.39, 0.29) is 0 Å². The van der Waals surface area contributed by atoms with Gasteiger partial charge < -0.3 is 18.4 Å². The molecule has 0 heterocycles. The molecule has 4 heteroatoms. The number of hydrogen-bond donors (Lipinski definition) is 0. The van der Waals surface area contributed by atoms with E-state index in [0.717, 1.165) is 61.2 Å². The highest BCUT2D eigenvalue weighted by Crippen LogP contribution is 2.22. The SMILES string of the molecule is CC(C)OCCC[N+](C)(C)Cc1ccc(-c2ccc(C[N+](C)(C)CCCOC(C)C)cc2)cc1. The van der Waals surface area contributed by atoms with Gasteiger partial charge in [0.15, 0.2) is 0 Å². The van der Waals surface area contributed by atoms with Crippen molar-refractivity contribution >= 4 is 0 Å². The van der Waals surface area contributed by atoms with Crippen LogP contribution >= 0.6 is 0 Å². The maximum absolute atomic E-state index is 5.70. The molecule has 190 valence electrons. The summed E-state index contributed by atoms with van der Waals surface area (Å²) in [5.74, 6) is 0. The number of benzene rings is 2. The monoisotopic (exact) mass is 470 g/mol. The average Bonchev–Trinajstić information content (AvgIpc) is 2.75.